The smallest absolute Gasteiger partial charge is 0.338 e. The van der Waals surface area contributed by atoms with Crippen molar-refractivity contribution >= 4 is 29.5 Å². The van der Waals surface area contributed by atoms with E-state index in [1.54, 1.807) is 19.1 Å². The van der Waals surface area contributed by atoms with E-state index in [2.05, 4.69) is 10.6 Å². The van der Waals surface area contributed by atoms with E-state index in [1.807, 2.05) is 5.32 Å². The number of ether oxygens (including phenoxy) is 1. The fraction of sp³-hybridized carbons (Fsp3) is 0.286. The quantitative estimate of drug-likeness (QED) is 0.691. The monoisotopic (exact) mass is 307 g/mol. The fourth-order valence-electron chi connectivity index (χ4n) is 1.51. The summed E-state index contributed by atoms with van der Waals surface area (Å²) in [5.41, 5.74) is 0.616. The third-order valence-electron chi connectivity index (χ3n) is 2.34. The number of anilines is 1. The molecule has 0 saturated heterocycles. The van der Waals surface area contributed by atoms with Gasteiger partial charge in [-0.3, -0.25) is 14.9 Å². The van der Waals surface area contributed by atoms with Crippen LogP contribution in [0.3, 0.4) is 0 Å². The minimum absolute atomic E-state index is 0.178. The van der Waals surface area contributed by atoms with Crippen LogP contribution >= 0.6 is 0 Å². The molecule has 0 aliphatic rings. The predicted molar refractivity (Wildman–Crippen MR) is 78.2 cm³/mol. The molecule has 1 aromatic carbocycles. The summed E-state index contributed by atoms with van der Waals surface area (Å²) >= 11 is 0. The summed E-state index contributed by atoms with van der Waals surface area (Å²) in [6.45, 7) is 2.83. The van der Waals surface area contributed by atoms with Crippen molar-refractivity contribution in [3.8, 4) is 0 Å². The molecule has 0 saturated carbocycles. The molecule has 0 fully saturated rings. The molecule has 3 N–H and O–H groups in total. The zero-order valence-corrected chi connectivity index (χ0v) is 12.3. The van der Waals surface area contributed by atoms with Gasteiger partial charge in [0.2, 0.25) is 5.91 Å². The third kappa shape index (κ3) is 6.04. The summed E-state index contributed by atoms with van der Waals surface area (Å²) in [6, 6.07) is 5.42. The molecule has 0 aromatic heterocycles. The van der Waals surface area contributed by atoms with Gasteiger partial charge < -0.3 is 15.4 Å². The number of carbonyl (C=O) groups is 4. The van der Waals surface area contributed by atoms with Gasteiger partial charge in [0.1, 0.15) is 0 Å². The number of carbonyl (C=O) groups excluding carboxylic acids is 4. The number of imide groups is 1. The molecule has 0 unspecified atom stereocenters. The molecule has 0 aliphatic carbocycles. The van der Waals surface area contributed by atoms with Crippen molar-refractivity contribution in [2.24, 2.45) is 0 Å². The summed E-state index contributed by atoms with van der Waals surface area (Å²) in [6.07, 6.45) is 0. The molecule has 22 heavy (non-hydrogen) atoms. The van der Waals surface area contributed by atoms with Crippen LogP contribution in [0, 0.1) is 0 Å². The molecule has 0 aliphatic heterocycles. The van der Waals surface area contributed by atoms with Crippen LogP contribution in [0.25, 0.3) is 0 Å². The van der Waals surface area contributed by atoms with Gasteiger partial charge in [0.05, 0.1) is 5.56 Å². The summed E-state index contributed by atoms with van der Waals surface area (Å²) in [5, 5.41) is 6.90. The lowest BCUT2D eigenvalue weighted by Crippen LogP contribution is -2.41. The molecular weight excluding hydrogens is 290 g/mol. The minimum atomic E-state index is -0.739. The number of hydrogen-bond donors (Lipinski definition) is 3. The zero-order chi connectivity index (χ0) is 16.5. The van der Waals surface area contributed by atoms with Gasteiger partial charge in [-0.25, -0.2) is 9.59 Å². The number of nitrogens with one attached hydrogen (secondary N) is 3. The van der Waals surface area contributed by atoms with Crippen molar-refractivity contribution in [2.45, 2.75) is 13.8 Å². The standard InChI is InChI=1S/C14H17N3O5/c1-3-15-14(21)17-12(19)8-22-13(20)10-5-4-6-11(7-10)16-9(2)18/h4-7H,3,8H2,1-2H3,(H,16,18)(H2,15,17,19,21). The lowest BCUT2D eigenvalue weighted by atomic mass is 10.2. The Hall–Kier alpha value is -2.90. The van der Waals surface area contributed by atoms with E-state index in [4.69, 9.17) is 4.74 Å². The van der Waals surface area contributed by atoms with Crippen molar-refractivity contribution in [3.63, 3.8) is 0 Å². The lowest BCUT2D eigenvalue weighted by molar-refractivity contribution is -0.123. The van der Waals surface area contributed by atoms with E-state index in [9.17, 15) is 19.2 Å². The van der Waals surface area contributed by atoms with Gasteiger partial charge in [0.15, 0.2) is 6.61 Å². The molecule has 8 nitrogen and oxygen atoms in total. The zero-order valence-electron chi connectivity index (χ0n) is 12.3. The maximum absolute atomic E-state index is 11.8. The fourth-order valence-corrected chi connectivity index (χ4v) is 1.51. The van der Waals surface area contributed by atoms with Crippen LogP contribution in [-0.2, 0) is 14.3 Å². The Balaban J connectivity index is 2.53. The molecule has 8 heteroatoms. The Labute approximate surface area is 127 Å². The highest BCUT2D eigenvalue weighted by molar-refractivity contribution is 5.97. The Kier molecular flexibility index (Phi) is 6.55. The second-order valence-electron chi connectivity index (χ2n) is 4.25. The Morgan fingerprint density at radius 3 is 2.55 bits per heavy atom. The van der Waals surface area contributed by atoms with Gasteiger partial charge >= 0.3 is 12.0 Å². The first-order chi connectivity index (χ1) is 10.4. The van der Waals surface area contributed by atoms with Gasteiger partial charge in [-0.1, -0.05) is 6.07 Å². The molecular formula is C14H17N3O5. The van der Waals surface area contributed by atoms with Crippen molar-refractivity contribution in [1.29, 1.82) is 0 Å². The summed E-state index contributed by atoms with van der Waals surface area (Å²) in [5.74, 6) is -1.75. The van der Waals surface area contributed by atoms with Crippen LogP contribution in [0.4, 0.5) is 10.5 Å². The average Bonchev–Trinajstić information content (AvgIpc) is 2.44. The van der Waals surface area contributed by atoms with Crippen molar-refractivity contribution in [2.75, 3.05) is 18.5 Å². The van der Waals surface area contributed by atoms with Crippen molar-refractivity contribution in [3.05, 3.63) is 29.8 Å². The second-order valence-corrected chi connectivity index (χ2v) is 4.25. The second kappa shape index (κ2) is 8.40. The first-order valence-electron chi connectivity index (χ1n) is 6.54. The van der Waals surface area contributed by atoms with Gasteiger partial charge in [0, 0.05) is 19.2 Å². The summed E-state index contributed by atoms with van der Waals surface area (Å²) in [7, 11) is 0. The SMILES string of the molecule is CCNC(=O)NC(=O)COC(=O)c1cccc(NC(C)=O)c1. The lowest BCUT2D eigenvalue weighted by Gasteiger charge is -2.07. The van der Waals surface area contributed by atoms with Crippen LogP contribution in [0.15, 0.2) is 24.3 Å². The minimum Gasteiger partial charge on any atom is -0.452 e. The normalized spacial score (nSPS) is 9.55. The molecule has 118 valence electrons. The van der Waals surface area contributed by atoms with E-state index in [0.717, 1.165) is 0 Å². The summed E-state index contributed by atoms with van der Waals surface area (Å²) in [4.78, 5) is 45.2. The highest BCUT2D eigenvalue weighted by Gasteiger charge is 2.12. The molecule has 1 aromatic rings. The first-order valence-corrected chi connectivity index (χ1v) is 6.54. The number of hydrogen-bond acceptors (Lipinski definition) is 5. The highest BCUT2D eigenvalue weighted by atomic mass is 16.5. The van der Waals surface area contributed by atoms with E-state index >= 15 is 0 Å². The molecule has 0 bridgehead atoms. The highest BCUT2D eigenvalue weighted by Crippen LogP contribution is 2.11. The largest absolute Gasteiger partial charge is 0.452 e. The van der Waals surface area contributed by atoms with Crippen LogP contribution in [0.1, 0.15) is 24.2 Å². The van der Waals surface area contributed by atoms with Gasteiger partial charge in [-0.05, 0) is 25.1 Å². The Morgan fingerprint density at radius 1 is 1.18 bits per heavy atom. The molecule has 4 amide bonds. The van der Waals surface area contributed by atoms with Crippen LogP contribution in [-0.4, -0.2) is 37.0 Å². The van der Waals surface area contributed by atoms with Gasteiger partial charge in [-0.15, -0.1) is 0 Å². The number of rotatable bonds is 5. The van der Waals surface area contributed by atoms with E-state index in [1.165, 1.54) is 19.1 Å². The van der Waals surface area contributed by atoms with Crippen LogP contribution < -0.4 is 16.0 Å². The number of benzene rings is 1. The van der Waals surface area contributed by atoms with Crippen LogP contribution in [0.2, 0.25) is 0 Å². The van der Waals surface area contributed by atoms with E-state index in [-0.39, 0.29) is 11.5 Å². The maximum Gasteiger partial charge on any atom is 0.338 e. The third-order valence-corrected chi connectivity index (χ3v) is 2.34. The van der Waals surface area contributed by atoms with E-state index < -0.39 is 24.5 Å². The maximum atomic E-state index is 11.8. The van der Waals surface area contributed by atoms with Crippen molar-refractivity contribution < 1.29 is 23.9 Å². The number of amides is 4. The molecule has 0 spiro atoms. The first kappa shape index (κ1) is 17.2. The molecule has 1 rings (SSSR count). The Morgan fingerprint density at radius 2 is 1.91 bits per heavy atom. The topological polar surface area (TPSA) is 114 Å². The van der Waals surface area contributed by atoms with Gasteiger partial charge in [0.25, 0.3) is 5.91 Å². The van der Waals surface area contributed by atoms with Crippen molar-refractivity contribution in [1.82, 2.24) is 10.6 Å². The Bertz CT molecular complexity index is 586. The van der Waals surface area contributed by atoms with Gasteiger partial charge in [-0.2, -0.15) is 0 Å². The molecule has 0 atom stereocenters. The predicted octanol–water partition coefficient (Wildman–Crippen LogP) is 0.647. The molecule has 0 heterocycles. The average molecular weight is 307 g/mol. The summed E-state index contributed by atoms with van der Waals surface area (Å²) < 4.78 is 4.79. The number of esters is 1. The van der Waals surface area contributed by atoms with E-state index in [0.29, 0.717) is 12.2 Å². The number of urea groups is 1. The molecule has 0 radical (unpaired) electrons. The van der Waals surface area contributed by atoms with Crippen LogP contribution in [0.5, 0.6) is 0 Å².